The van der Waals surface area contributed by atoms with E-state index in [-0.39, 0.29) is 18.2 Å². The molecule has 0 heterocycles. The van der Waals surface area contributed by atoms with Crippen LogP contribution in [0.15, 0.2) is 36.4 Å². The topological polar surface area (TPSA) is 12.0 Å². The van der Waals surface area contributed by atoms with Crippen LogP contribution in [0.4, 0.5) is 13.2 Å². The Hall–Kier alpha value is -1.52. The molecule has 0 aliphatic heterocycles. The molecule has 0 radical (unpaired) electrons. The summed E-state index contributed by atoms with van der Waals surface area (Å²) in [5.41, 5.74) is 0.931. The first-order valence-electron chi connectivity index (χ1n) is 6.10. The maximum absolute atomic E-state index is 13.5. The Morgan fingerprint density at radius 3 is 2.40 bits per heavy atom. The van der Waals surface area contributed by atoms with E-state index in [1.54, 1.807) is 6.07 Å². The van der Waals surface area contributed by atoms with E-state index in [2.05, 4.69) is 5.32 Å². The highest BCUT2D eigenvalue weighted by Crippen LogP contribution is 2.23. The normalized spacial score (nSPS) is 12.4. The number of rotatable bonds is 4. The maximum atomic E-state index is 13.5. The summed E-state index contributed by atoms with van der Waals surface area (Å²) in [5, 5.41) is 3.63. The zero-order valence-corrected chi connectivity index (χ0v) is 11.5. The van der Waals surface area contributed by atoms with Crippen LogP contribution in [0.2, 0.25) is 5.02 Å². The van der Waals surface area contributed by atoms with Gasteiger partial charge in [-0.25, -0.2) is 13.2 Å². The first-order valence-corrected chi connectivity index (χ1v) is 6.48. The van der Waals surface area contributed by atoms with Gasteiger partial charge in [0, 0.05) is 29.2 Å². The van der Waals surface area contributed by atoms with Gasteiger partial charge in [0.2, 0.25) is 0 Å². The van der Waals surface area contributed by atoms with E-state index in [0.717, 1.165) is 11.6 Å². The van der Waals surface area contributed by atoms with Gasteiger partial charge in [0.05, 0.1) is 0 Å². The predicted octanol–water partition coefficient (Wildman–Crippen LogP) is 4.61. The lowest BCUT2D eigenvalue weighted by Gasteiger charge is -2.16. The Labute approximate surface area is 120 Å². The number of hydrogen-bond donors (Lipinski definition) is 1. The van der Waals surface area contributed by atoms with Crippen LogP contribution in [0.3, 0.4) is 0 Å². The molecule has 0 saturated heterocycles. The summed E-state index contributed by atoms with van der Waals surface area (Å²) in [6, 6.07) is 8.53. The Kier molecular flexibility index (Phi) is 4.68. The molecule has 0 saturated carbocycles. The lowest BCUT2D eigenvalue weighted by Crippen LogP contribution is -2.19. The highest BCUT2D eigenvalue weighted by Gasteiger charge is 2.12. The largest absolute Gasteiger partial charge is 0.306 e. The molecular formula is C15H13ClF3N. The van der Waals surface area contributed by atoms with Gasteiger partial charge in [0.1, 0.15) is 5.82 Å². The Morgan fingerprint density at radius 2 is 1.70 bits per heavy atom. The second-order valence-corrected chi connectivity index (χ2v) is 4.89. The zero-order valence-electron chi connectivity index (χ0n) is 10.8. The van der Waals surface area contributed by atoms with Crippen molar-refractivity contribution in [3.63, 3.8) is 0 Å². The molecule has 1 nitrogen and oxygen atoms in total. The fraction of sp³-hybridized carbons (Fsp3) is 0.200. The Morgan fingerprint density at radius 1 is 1.05 bits per heavy atom. The second kappa shape index (κ2) is 6.29. The predicted molar refractivity (Wildman–Crippen MR) is 73.0 cm³/mol. The van der Waals surface area contributed by atoms with Crippen LogP contribution in [0.5, 0.6) is 0 Å². The summed E-state index contributed by atoms with van der Waals surface area (Å²) in [5.74, 6) is -3.03. The summed E-state index contributed by atoms with van der Waals surface area (Å²) in [4.78, 5) is 0. The molecule has 1 N–H and O–H groups in total. The van der Waals surface area contributed by atoms with Gasteiger partial charge in [-0.05, 0) is 24.6 Å². The van der Waals surface area contributed by atoms with E-state index >= 15 is 0 Å². The summed E-state index contributed by atoms with van der Waals surface area (Å²) >= 11 is 6.05. The van der Waals surface area contributed by atoms with E-state index in [4.69, 9.17) is 11.6 Å². The Bertz CT molecular complexity index is 616. The molecule has 0 bridgehead atoms. The molecule has 0 aliphatic rings. The minimum Gasteiger partial charge on any atom is -0.306 e. The van der Waals surface area contributed by atoms with Crippen LogP contribution < -0.4 is 5.32 Å². The van der Waals surface area contributed by atoms with E-state index < -0.39 is 17.5 Å². The fourth-order valence-corrected chi connectivity index (χ4v) is 2.20. The van der Waals surface area contributed by atoms with Crippen molar-refractivity contribution < 1.29 is 13.2 Å². The van der Waals surface area contributed by atoms with Gasteiger partial charge < -0.3 is 5.32 Å². The minimum atomic E-state index is -1.19. The second-order valence-electron chi connectivity index (χ2n) is 4.48. The van der Waals surface area contributed by atoms with Crippen LogP contribution in [-0.4, -0.2) is 0 Å². The van der Waals surface area contributed by atoms with Crippen molar-refractivity contribution >= 4 is 11.6 Å². The minimum absolute atomic E-state index is 0.0720. The maximum Gasteiger partial charge on any atom is 0.161 e. The molecule has 106 valence electrons. The van der Waals surface area contributed by atoms with Crippen molar-refractivity contribution in [3.8, 4) is 0 Å². The van der Waals surface area contributed by atoms with Crippen molar-refractivity contribution in [2.45, 2.75) is 19.5 Å². The number of benzene rings is 2. The van der Waals surface area contributed by atoms with Crippen molar-refractivity contribution in [3.05, 3.63) is 70.0 Å². The quantitative estimate of drug-likeness (QED) is 0.813. The number of nitrogens with one attached hydrogen (secondary N) is 1. The van der Waals surface area contributed by atoms with Crippen LogP contribution in [0.25, 0.3) is 0 Å². The van der Waals surface area contributed by atoms with Crippen molar-refractivity contribution in [2.75, 3.05) is 0 Å². The molecule has 0 unspecified atom stereocenters. The number of hydrogen-bond acceptors (Lipinski definition) is 1. The van der Waals surface area contributed by atoms with E-state index in [1.165, 1.54) is 0 Å². The molecule has 0 fully saturated rings. The highest BCUT2D eigenvalue weighted by molar-refractivity contribution is 6.31. The lowest BCUT2D eigenvalue weighted by atomic mass is 10.1. The molecule has 0 spiro atoms. The van der Waals surface area contributed by atoms with Gasteiger partial charge >= 0.3 is 0 Å². The summed E-state index contributed by atoms with van der Waals surface area (Å²) in [6.07, 6.45) is 0. The molecule has 0 aromatic heterocycles. The monoisotopic (exact) mass is 299 g/mol. The van der Waals surface area contributed by atoms with Gasteiger partial charge in [-0.15, -0.1) is 0 Å². The average Bonchev–Trinajstić information content (AvgIpc) is 2.41. The third-order valence-corrected chi connectivity index (χ3v) is 3.40. The molecule has 5 heteroatoms. The summed E-state index contributed by atoms with van der Waals surface area (Å²) < 4.78 is 39.4. The summed E-state index contributed by atoms with van der Waals surface area (Å²) in [7, 11) is 0. The molecule has 20 heavy (non-hydrogen) atoms. The van der Waals surface area contributed by atoms with Gasteiger partial charge in [0.15, 0.2) is 11.6 Å². The first-order chi connectivity index (χ1) is 9.49. The lowest BCUT2D eigenvalue weighted by molar-refractivity contribution is 0.482. The molecule has 2 aromatic carbocycles. The third-order valence-electron chi connectivity index (χ3n) is 3.06. The first kappa shape index (κ1) is 14.9. The van der Waals surface area contributed by atoms with E-state index in [0.29, 0.717) is 11.1 Å². The summed E-state index contributed by atoms with van der Waals surface area (Å²) in [6.45, 7) is 1.94. The van der Waals surface area contributed by atoms with Gasteiger partial charge in [-0.3, -0.25) is 0 Å². The third kappa shape index (κ3) is 3.32. The zero-order chi connectivity index (χ0) is 14.7. The van der Waals surface area contributed by atoms with Crippen molar-refractivity contribution in [1.29, 1.82) is 0 Å². The van der Waals surface area contributed by atoms with Crippen molar-refractivity contribution in [2.24, 2.45) is 0 Å². The Balaban J connectivity index is 2.09. The van der Waals surface area contributed by atoms with E-state index in [9.17, 15) is 13.2 Å². The average molecular weight is 300 g/mol. The van der Waals surface area contributed by atoms with Crippen LogP contribution >= 0.6 is 11.6 Å². The molecule has 2 rings (SSSR count). The molecule has 1 atom stereocenters. The highest BCUT2D eigenvalue weighted by atomic mass is 35.5. The van der Waals surface area contributed by atoms with E-state index in [1.807, 2.05) is 25.1 Å². The standard InChI is InChI=1S/C15H13ClF3N/c1-9(11-4-2-3-5-12(11)16)20-8-10-6-14(18)15(19)7-13(10)17/h2-7,9,20H,8H2,1H3/t9-/m1/s1. The molecule has 0 aliphatic carbocycles. The van der Waals surface area contributed by atoms with Gasteiger partial charge in [-0.2, -0.15) is 0 Å². The van der Waals surface area contributed by atoms with Gasteiger partial charge in [0.25, 0.3) is 0 Å². The molecule has 0 amide bonds. The molecular weight excluding hydrogens is 287 g/mol. The van der Waals surface area contributed by atoms with Gasteiger partial charge in [-0.1, -0.05) is 29.8 Å². The van der Waals surface area contributed by atoms with Crippen LogP contribution in [0, 0.1) is 17.5 Å². The van der Waals surface area contributed by atoms with Crippen LogP contribution in [0.1, 0.15) is 24.1 Å². The SMILES string of the molecule is C[C@@H](NCc1cc(F)c(F)cc1F)c1ccccc1Cl. The fourth-order valence-electron chi connectivity index (χ4n) is 1.90. The van der Waals surface area contributed by atoms with Crippen LogP contribution in [-0.2, 0) is 6.54 Å². The van der Waals surface area contributed by atoms with Crippen molar-refractivity contribution in [1.82, 2.24) is 5.32 Å². The number of halogens is 4. The molecule has 2 aromatic rings. The smallest absolute Gasteiger partial charge is 0.161 e.